The van der Waals surface area contributed by atoms with Crippen LogP contribution in [-0.2, 0) is 19.8 Å². The summed E-state index contributed by atoms with van der Waals surface area (Å²) in [6.45, 7) is 0. The van der Waals surface area contributed by atoms with Crippen molar-refractivity contribution < 1.29 is 18.9 Å². The molecule has 18 heavy (non-hydrogen) atoms. The number of amides is 1. The molecule has 1 aliphatic rings. The molecule has 1 aromatic carbocycles. The Bertz CT molecular complexity index is 558. The van der Waals surface area contributed by atoms with Crippen LogP contribution in [0, 0.1) is 4.78 Å². The van der Waals surface area contributed by atoms with Gasteiger partial charge >= 0.3 is 5.97 Å². The molecule has 1 atom stereocenters. The standard InChI is InChI=1S/C11H14N2O4S/c1-17-11(15)8-4-2-3-7(5-8)9-6-10(14)13-18(9,12)16/h2-5,9,18H,6H2,1H3,(H3,12,13,14,16). The van der Waals surface area contributed by atoms with Crippen LogP contribution in [0.15, 0.2) is 24.3 Å². The van der Waals surface area contributed by atoms with Gasteiger partial charge in [0.1, 0.15) is 0 Å². The van der Waals surface area contributed by atoms with Crippen molar-refractivity contribution in [2.24, 2.45) is 0 Å². The lowest BCUT2D eigenvalue weighted by Gasteiger charge is -2.23. The van der Waals surface area contributed by atoms with E-state index in [1.165, 1.54) is 7.11 Å². The van der Waals surface area contributed by atoms with Crippen LogP contribution in [0.5, 0.6) is 0 Å². The van der Waals surface area contributed by atoms with Crippen molar-refractivity contribution >= 4 is 22.2 Å². The van der Waals surface area contributed by atoms with Gasteiger partial charge in [-0.3, -0.25) is 14.3 Å². The Morgan fingerprint density at radius 1 is 1.61 bits per heavy atom. The summed E-state index contributed by atoms with van der Waals surface area (Å²) in [7, 11) is -1.96. The summed E-state index contributed by atoms with van der Waals surface area (Å²) >= 11 is 0. The van der Waals surface area contributed by atoms with E-state index in [0.29, 0.717) is 11.1 Å². The zero-order chi connectivity index (χ0) is 13.3. The number of carbonyl (C=O) groups is 2. The summed E-state index contributed by atoms with van der Waals surface area (Å²) < 4.78 is 24.5. The predicted octanol–water partition coefficient (Wildman–Crippen LogP) is 1.07. The van der Waals surface area contributed by atoms with Crippen molar-refractivity contribution in [2.75, 3.05) is 7.11 Å². The quantitative estimate of drug-likeness (QED) is 0.477. The van der Waals surface area contributed by atoms with E-state index in [9.17, 15) is 14.1 Å². The van der Waals surface area contributed by atoms with Gasteiger partial charge in [0, 0.05) is 6.42 Å². The van der Waals surface area contributed by atoms with Crippen molar-refractivity contribution in [2.45, 2.75) is 11.7 Å². The maximum atomic E-state index is 11.4. The largest absolute Gasteiger partial charge is 0.465 e. The maximum absolute atomic E-state index is 11.4. The first-order valence-corrected chi connectivity index (χ1v) is 7.11. The van der Waals surface area contributed by atoms with Gasteiger partial charge in [-0.05, 0) is 28.0 Å². The van der Waals surface area contributed by atoms with E-state index in [4.69, 9.17) is 4.78 Å². The second kappa shape index (κ2) is 4.51. The van der Waals surface area contributed by atoms with E-state index in [-0.39, 0.29) is 12.3 Å². The number of ether oxygens (including phenoxy) is 1. The third kappa shape index (κ3) is 2.27. The van der Waals surface area contributed by atoms with Gasteiger partial charge in [0.2, 0.25) is 5.91 Å². The summed E-state index contributed by atoms with van der Waals surface area (Å²) in [6, 6.07) is 6.47. The highest BCUT2D eigenvalue weighted by molar-refractivity contribution is 7.98. The van der Waals surface area contributed by atoms with Crippen LogP contribution in [0.3, 0.4) is 0 Å². The highest BCUT2D eigenvalue weighted by atomic mass is 32.3. The van der Waals surface area contributed by atoms with E-state index in [2.05, 4.69) is 9.46 Å². The van der Waals surface area contributed by atoms with Crippen molar-refractivity contribution in [1.82, 2.24) is 4.72 Å². The van der Waals surface area contributed by atoms with Gasteiger partial charge in [-0.15, -0.1) is 0 Å². The molecule has 2 rings (SSSR count). The molecule has 0 bridgehead atoms. The summed E-state index contributed by atoms with van der Waals surface area (Å²) in [5.74, 6) is -0.824. The summed E-state index contributed by atoms with van der Waals surface area (Å²) in [4.78, 5) is 22.7. The van der Waals surface area contributed by atoms with Crippen LogP contribution in [0.1, 0.15) is 27.6 Å². The first kappa shape index (κ1) is 12.7. The lowest BCUT2D eigenvalue weighted by Crippen LogP contribution is -2.27. The number of hydrogen-bond acceptors (Lipinski definition) is 4. The highest BCUT2D eigenvalue weighted by Gasteiger charge is 2.34. The van der Waals surface area contributed by atoms with Crippen LogP contribution in [0.4, 0.5) is 0 Å². The summed E-state index contributed by atoms with van der Waals surface area (Å²) in [6.07, 6.45) is 0.0679. The molecular weight excluding hydrogens is 256 g/mol. The Morgan fingerprint density at radius 2 is 2.33 bits per heavy atom. The number of nitrogens with one attached hydrogen (secondary N) is 2. The van der Waals surface area contributed by atoms with Gasteiger partial charge in [-0.1, -0.05) is 12.1 Å². The Balaban J connectivity index is 2.37. The fraction of sp³-hybridized carbons (Fsp3) is 0.273. The number of carbonyl (C=O) groups excluding carboxylic acids is 2. The molecular formula is C11H14N2O4S. The van der Waals surface area contributed by atoms with Crippen molar-refractivity contribution in [3.8, 4) is 0 Å². The molecule has 7 heteroatoms. The van der Waals surface area contributed by atoms with Crippen LogP contribution in [0.25, 0.3) is 0 Å². The van der Waals surface area contributed by atoms with Gasteiger partial charge in [0.15, 0.2) is 0 Å². The highest BCUT2D eigenvalue weighted by Crippen LogP contribution is 2.34. The molecule has 3 N–H and O–H groups in total. The number of benzene rings is 1. The second-order valence-electron chi connectivity index (χ2n) is 4.06. The zero-order valence-electron chi connectivity index (χ0n) is 9.71. The third-order valence-corrected chi connectivity index (χ3v) is 4.79. The Kier molecular flexibility index (Phi) is 3.18. The SMILES string of the molecule is COC(=O)c1cccc(C2CC(=O)N[SH]2(=N)O)c1. The second-order valence-corrected chi connectivity index (χ2v) is 6.28. The van der Waals surface area contributed by atoms with Crippen molar-refractivity contribution in [1.29, 1.82) is 4.78 Å². The molecule has 1 fully saturated rings. The van der Waals surface area contributed by atoms with Gasteiger partial charge in [0.25, 0.3) is 0 Å². The molecule has 1 saturated heterocycles. The maximum Gasteiger partial charge on any atom is 0.337 e. The molecule has 1 aliphatic heterocycles. The molecule has 1 heterocycles. The van der Waals surface area contributed by atoms with Crippen LogP contribution >= 0.6 is 0 Å². The number of rotatable bonds is 2. The minimum Gasteiger partial charge on any atom is -0.465 e. The minimum absolute atomic E-state index is 0.0679. The average Bonchev–Trinajstić information content (AvgIpc) is 2.61. The fourth-order valence-electron chi connectivity index (χ4n) is 1.95. The van der Waals surface area contributed by atoms with Gasteiger partial charge in [0.05, 0.1) is 17.9 Å². The number of hydrogen-bond donors (Lipinski definition) is 4. The van der Waals surface area contributed by atoms with Crippen LogP contribution < -0.4 is 4.72 Å². The predicted molar refractivity (Wildman–Crippen MR) is 67.4 cm³/mol. The normalized spacial score (nSPS) is 23.2. The topological polar surface area (TPSA) is 99.5 Å². The Hall–Kier alpha value is -1.73. The smallest absolute Gasteiger partial charge is 0.337 e. The average molecular weight is 270 g/mol. The summed E-state index contributed by atoms with van der Waals surface area (Å²) in [5.41, 5.74) is 0.941. The van der Waals surface area contributed by atoms with E-state index in [0.717, 1.165) is 0 Å². The van der Waals surface area contributed by atoms with E-state index in [1.807, 2.05) is 0 Å². The zero-order valence-corrected chi connectivity index (χ0v) is 10.6. The molecule has 0 aliphatic carbocycles. The number of methoxy groups -OCH3 is 1. The van der Waals surface area contributed by atoms with Crippen LogP contribution in [0.2, 0.25) is 0 Å². The molecule has 6 nitrogen and oxygen atoms in total. The third-order valence-electron chi connectivity index (χ3n) is 2.82. The number of thiol groups is 1. The van der Waals surface area contributed by atoms with Crippen molar-refractivity contribution in [3.05, 3.63) is 35.4 Å². The molecule has 1 amide bonds. The molecule has 0 radical (unpaired) electrons. The van der Waals surface area contributed by atoms with E-state index < -0.39 is 21.5 Å². The van der Waals surface area contributed by atoms with Crippen LogP contribution in [-0.4, -0.2) is 23.5 Å². The first-order valence-electron chi connectivity index (χ1n) is 5.30. The molecule has 1 aromatic rings. The Labute approximate surface area is 105 Å². The molecule has 0 aromatic heterocycles. The van der Waals surface area contributed by atoms with Gasteiger partial charge in [-0.25, -0.2) is 4.79 Å². The monoisotopic (exact) mass is 270 g/mol. The van der Waals surface area contributed by atoms with E-state index in [1.54, 1.807) is 24.3 Å². The lowest BCUT2D eigenvalue weighted by atomic mass is 10.1. The summed E-state index contributed by atoms with van der Waals surface area (Å²) in [5, 5.41) is -0.588. The fourth-order valence-corrected chi connectivity index (χ4v) is 3.60. The van der Waals surface area contributed by atoms with Gasteiger partial charge in [-0.2, -0.15) is 0 Å². The minimum atomic E-state index is -3.24. The van der Waals surface area contributed by atoms with Gasteiger partial charge < -0.3 is 9.29 Å². The first-order chi connectivity index (χ1) is 8.44. The number of esters is 1. The Morgan fingerprint density at radius 3 is 2.89 bits per heavy atom. The molecule has 1 unspecified atom stereocenters. The van der Waals surface area contributed by atoms with Crippen molar-refractivity contribution in [3.63, 3.8) is 0 Å². The molecule has 0 spiro atoms. The molecule has 98 valence electrons. The van der Waals surface area contributed by atoms with E-state index >= 15 is 0 Å². The lowest BCUT2D eigenvalue weighted by molar-refractivity contribution is -0.118. The molecule has 0 saturated carbocycles.